The number of halogens is 1. The quantitative estimate of drug-likeness (QED) is 0.758. The first kappa shape index (κ1) is 12.2. The molecular weight excluding hydrogens is 310 g/mol. The predicted molar refractivity (Wildman–Crippen MR) is 75.3 cm³/mol. The molecule has 0 aliphatic carbocycles. The Hall–Kier alpha value is -1.89. The molecule has 3 heterocycles. The second-order valence-electron chi connectivity index (χ2n) is 4.25. The molecule has 0 radical (unpaired) electrons. The standard InChI is InChI=1S/C12H12BrN5O/c1-3-14-12(19)9-4-7-8(13)5-18-6(2)16-17-11(18)10(7)15-9/h4-5,15H,3H2,1-2H3,(H,14,19). The van der Waals surface area contributed by atoms with Crippen LogP contribution < -0.4 is 5.32 Å². The summed E-state index contributed by atoms with van der Waals surface area (Å²) in [6.45, 7) is 4.36. The Kier molecular flexibility index (Phi) is 2.78. The minimum Gasteiger partial charge on any atom is -0.351 e. The van der Waals surface area contributed by atoms with Crippen molar-refractivity contribution in [3.05, 3.63) is 28.3 Å². The maximum atomic E-state index is 11.9. The van der Waals surface area contributed by atoms with E-state index < -0.39 is 0 Å². The second-order valence-corrected chi connectivity index (χ2v) is 5.10. The fourth-order valence-electron chi connectivity index (χ4n) is 2.07. The average Bonchev–Trinajstić information content (AvgIpc) is 2.95. The van der Waals surface area contributed by atoms with Gasteiger partial charge in [0.1, 0.15) is 11.5 Å². The minimum absolute atomic E-state index is 0.125. The Bertz CT molecular complexity index is 788. The molecule has 0 bridgehead atoms. The average molecular weight is 322 g/mol. The fraction of sp³-hybridized carbons (Fsp3) is 0.250. The van der Waals surface area contributed by atoms with E-state index in [0.29, 0.717) is 17.9 Å². The van der Waals surface area contributed by atoms with Crippen LogP contribution in [-0.4, -0.2) is 32.0 Å². The van der Waals surface area contributed by atoms with Crippen LogP contribution >= 0.6 is 15.9 Å². The fourth-order valence-corrected chi connectivity index (χ4v) is 2.59. The van der Waals surface area contributed by atoms with Crippen molar-refractivity contribution in [2.75, 3.05) is 6.54 Å². The number of nitrogens with one attached hydrogen (secondary N) is 2. The van der Waals surface area contributed by atoms with Crippen LogP contribution in [0.25, 0.3) is 16.6 Å². The number of amides is 1. The van der Waals surface area contributed by atoms with Gasteiger partial charge in [-0.05, 0) is 35.8 Å². The zero-order valence-electron chi connectivity index (χ0n) is 10.5. The first-order valence-electron chi connectivity index (χ1n) is 5.92. The molecule has 3 aromatic heterocycles. The lowest BCUT2D eigenvalue weighted by molar-refractivity contribution is 0.0951. The normalized spacial score (nSPS) is 11.3. The van der Waals surface area contributed by atoms with Crippen LogP contribution in [0.4, 0.5) is 0 Å². The Labute approximate surface area is 117 Å². The van der Waals surface area contributed by atoms with Gasteiger partial charge in [-0.1, -0.05) is 0 Å². The third-order valence-corrected chi connectivity index (χ3v) is 3.62. The molecule has 0 unspecified atom stereocenters. The van der Waals surface area contributed by atoms with E-state index in [-0.39, 0.29) is 5.91 Å². The van der Waals surface area contributed by atoms with Gasteiger partial charge in [0, 0.05) is 22.6 Å². The number of fused-ring (bicyclic) bond motifs is 3. The Morgan fingerprint density at radius 1 is 1.53 bits per heavy atom. The van der Waals surface area contributed by atoms with Crippen molar-refractivity contribution < 1.29 is 4.79 Å². The highest BCUT2D eigenvalue weighted by Gasteiger charge is 2.15. The minimum atomic E-state index is -0.125. The Morgan fingerprint density at radius 2 is 2.32 bits per heavy atom. The maximum absolute atomic E-state index is 11.9. The Balaban J connectivity index is 2.29. The van der Waals surface area contributed by atoms with E-state index in [1.165, 1.54) is 0 Å². The summed E-state index contributed by atoms with van der Waals surface area (Å²) in [5.74, 6) is 0.673. The predicted octanol–water partition coefficient (Wildman–Crippen LogP) is 2.03. The molecule has 7 heteroatoms. The van der Waals surface area contributed by atoms with Crippen LogP contribution in [0.3, 0.4) is 0 Å². The number of pyridine rings is 1. The molecule has 0 aliphatic heterocycles. The molecule has 2 N–H and O–H groups in total. The van der Waals surface area contributed by atoms with Crippen LogP contribution in [0.5, 0.6) is 0 Å². The summed E-state index contributed by atoms with van der Waals surface area (Å²) in [6, 6.07) is 1.81. The van der Waals surface area contributed by atoms with Crippen molar-refractivity contribution >= 4 is 38.4 Å². The first-order valence-corrected chi connectivity index (χ1v) is 6.72. The molecule has 3 aromatic rings. The van der Waals surface area contributed by atoms with Gasteiger partial charge in [0.15, 0.2) is 5.65 Å². The highest BCUT2D eigenvalue weighted by atomic mass is 79.9. The highest BCUT2D eigenvalue weighted by molar-refractivity contribution is 9.10. The molecule has 3 rings (SSSR count). The van der Waals surface area contributed by atoms with Gasteiger partial charge in [0.25, 0.3) is 5.91 Å². The van der Waals surface area contributed by atoms with Crippen molar-refractivity contribution in [1.29, 1.82) is 0 Å². The third kappa shape index (κ3) is 1.81. The van der Waals surface area contributed by atoms with Crippen molar-refractivity contribution in [3.63, 3.8) is 0 Å². The summed E-state index contributed by atoms with van der Waals surface area (Å²) < 4.78 is 2.77. The molecule has 0 saturated carbocycles. The van der Waals surface area contributed by atoms with Gasteiger partial charge in [0.05, 0.1) is 5.52 Å². The summed E-state index contributed by atoms with van der Waals surface area (Å²) in [5.41, 5.74) is 2.04. The molecule has 1 amide bonds. The first-order chi connectivity index (χ1) is 9.11. The number of hydrogen-bond acceptors (Lipinski definition) is 3. The van der Waals surface area contributed by atoms with Crippen LogP contribution in [-0.2, 0) is 0 Å². The van der Waals surface area contributed by atoms with Gasteiger partial charge < -0.3 is 10.3 Å². The number of carbonyl (C=O) groups excluding carboxylic acids is 1. The number of rotatable bonds is 2. The van der Waals surface area contributed by atoms with Gasteiger partial charge in [-0.15, -0.1) is 10.2 Å². The lowest BCUT2D eigenvalue weighted by Gasteiger charge is -1.98. The maximum Gasteiger partial charge on any atom is 0.267 e. The molecule has 6 nitrogen and oxygen atoms in total. The zero-order valence-corrected chi connectivity index (χ0v) is 12.1. The number of hydrogen-bond donors (Lipinski definition) is 2. The molecule has 98 valence electrons. The van der Waals surface area contributed by atoms with E-state index in [1.807, 2.05) is 30.5 Å². The molecule has 0 saturated heterocycles. The molecular formula is C12H12BrN5O. The van der Waals surface area contributed by atoms with Gasteiger partial charge in [-0.3, -0.25) is 9.20 Å². The number of aromatic nitrogens is 4. The number of H-pyrrole nitrogens is 1. The summed E-state index contributed by atoms with van der Waals surface area (Å²) in [4.78, 5) is 15.0. The molecule has 0 fully saturated rings. The molecule has 0 aromatic carbocycles. The Morgan fingerprint density at radius 3 is 3.05 bits per heavy atom. The van der Waals surface area contributed by atoms with E-state index in [0.717, 1.165) is 21.2 Å². The zero-order chi connectivity index (χ0) is 13.6. The van der Waals surface area contributed by atoms with Crippen LogP contribution in [0.15, 0.2) is 16.7 Å². The second kappa shape index (κ2) is 4.34. The number of aryl methyl sites for hydroxylation is 1. The third-order valence-electron chi connectivity index (χ3n) is 2.99. The van der Waals surface area contributed by atoms with E-state index in [9.17, 15) is 4.79 Å². The summed E-state index contributed by atoms with van der Waals surface area (Å²) in [5, 5.41) is 11.9. The SMILES string of the molecule is CCNC(=O)c1cc2c(Br)cn3c(C)nnc3c2[nH]1. The molecule has 0 aliphatic rings. The number of carbonyl (C=O) groups is 1. The van der Waals surface area contributed by atoms with Crippen molar-refractivity contribution in [2.24, 2.45) is 0 Å². The summed E-state index contributed by atoms with van der Waals surface area (Å²) in [6.07, 6.45) is 1.91. The lowest BCUT2D eigenvalue weighted by Crippen LogP contribution is -2.22. The molecule has 0 atom stereocenters. The molecule has 19 heavy (non-hydrogen) atoms. The number of nitrogens with zero attached hydrogens (tertiary/aromatic N) is 3. The van der Waals surface area contributed by atoms with E-state index in [4.69, 9.17) is 0 Å². The van der Waals surface area contributed by atoms with Gasteiger partial charge >= 0.3 is 0 Å². The van der Waals surface area contributed by atoms with Gasteiger partial charge in [0.2, 0.25) is 0 Å². The van der Waals surface area contributed by atoms with Gasteiger partial charge in [-0.25, -0.2) is 0 Å². The van der Waals surface area contributed by atoms with Crippen LogP contribution in [0.2, 0.25) is 0 Å². The smallest absolute Gasteiger partial charge is 0.267 e. The van der Waals surface area contributed by atoms with Crippen LogP contribution in [0, 0.1) is 6.92 Å². The van der Waals surface area contributed by atoms with E-state index in [2.05, 4.69) is 36.4 Å². The summed E-state index contributed by atoms with van der Waals surface area (Å²) >= 11 is 3.51. The molecule has 0 spiro atoms. The van der Waals surface area contributed by atoms with E-state index in [1.54, 1.807) is 0 Å². The summed E-state index contributed by atoms with van der Waals surface area (Å²) in [7, 11) is 0. The lowest BCUT2D eigenvalue weighted by atomic mass is 10.3. The van der Waals surface area contributed by atoms with Crippen molar-refractivity contribution in [3.8, 4) is 0 Å². The highest BCUT2D eigenvalue weighted by Crippen LogP contribution is 2.27. The topological polar surface area (TPSA) is 75.1 Å². The van der Waals surface area contributed by atoms with Crippen molar-refractivity contribution in [1.82, 2.24) is 24.9 Å². The largest absolute Gasteiger partial charge is 0.351 e. The number of aromatic amines is 1. The monoisotopic (exact) mass is 321 g/mol. The van der Waals surface area contributed by atoms with Crippen molar-refractivity contribution in [2.45, 2.75) is 13.8 Å². The van der Waals surface area contributed by atoms with E-state index >= 15 is 0 Å². The van der Waals surface area contributed by atoms with Crippen LogP contribution in [0.1, 0.15) is 23.2 Å². The van der Waals surface area contributed by atoms with Gasteiger partial charge in [-0.2, -0.15) is 0 Å².